The summed E-state index contributed by atoms with van der Waals surface area (Å²) in [4.78, 5) is 31.0. The minimum atomic E-state index is -1.11. The van der Waals surface area contributed by atoms with Gasteiger partial charge in [0, 0.05) is 39.0 Å². The lowest BCUT2D eigenvalue weighted by atomic mass is 10.1. The first-order valence-electron chi connectivity index (χ1n) is 9.89. The number of aryl methyl sites for hydroxylation is 4. The van der Waals surface area contributed by atoms with Crippen LogP contribution in [0.4, 0.5) is 14.5 Å². The summed E-state index contributed by atoms with van der Waals surface area (Å²) in [6.07, 6.45) is 1.08. The average molecular weight is 453 g/mol. The van der Waals surface area contributed by atoms with Crippen molar-refractivity contribution in [3.8, 4) is 0 Å². The molecule has 3 aromatic carbocycles. The third-order valence-electron chi connectivity index (χ3n) is 4.49. The summed E-state index contributed by atoms with van der Waals surface area (Å²) in [6, 6.07) is 14.2. The van der Waals surface area contributed by atoms with Gasteiger partial charge in [0.25, 0.3) is 5.69 Å². The van der Waals surface area contributed by atoms with Crippen LogP contribution in [-0.2, 0) is 4.79 Å². The second-order valence-corrected chi connectivity index (χ2v) is 7.32. The highest BCUT2D eigenvalue weighted by Crippen LogP contribution is 2.14. The number of hydrogen-bond donors (Lipinski definition) is 0. The van der Waals surface area contributed by atoms with Crippen molar-refractivity contribution in [3.05, 3.63) is 105 Å². The number of nitrogens with zero attached hydrogens (tertiary/aromatic N) is 1. The number of carboxylic acids is 1. The number of hydrogen-bond acceptors (Lipinski definition) is 4. The van der Waals surface area contributed by atoms with Gasteiger partial charge in [-0.05, 0) is 62.6 Å². The molecule has 0 saturated carbocycles. The van der Waals surface area contributed by atoms with Crippen LogP contribution in [0.1, 0.15) is 38.2 Å². The molecule has 0 heterocycles. The molecule has 0 aliphatic heterocycles. The lowest BCUT2D eigenvalue weighted by molar-refractivity contribution is -0.428. The molecule has 172 valence electrons. The molecule has 0 spiro atoms. The molecule has 7 heteroatoms. The number of aromatic carboxylic acids is 1. The molecule has 33 heavy (non-hydrogen) atoms. The SMILES string of the molecule is Cc1cc([N+](C)=O)ccc1F.Cc1ccc(C)c(C(=O)[O-])c1.Cc1ccc(C=C=O)c(F)c1. The molecule has 0 saturated heterocycles. The van der Waals surface area contributed by atoms with E-state index in [0.717, 1.165) is 22.8 Å². The first kappa shape index (κ1) is 27.1. The molecule has 0 aliphatic rings. The molecule has 0 bridgehead atoms. The van der Waals surface area contributed by atoms with Crippen LogP contribution in [0.2, 0.25) is 0 Å². The van der Waals surface area contributed by atoms with Gasteiger partial charge in [-0.1, -0.05) is 29.8 Å². The second-order valence-electron chi connectivity index (χ2n) is 7.32. The Morgan fingerprint density at radius 2 is 1.48 bits per heavy atom. The normalized spacial score (nSPS) is 9.42. The summed E-state index contributed by atoms with van der Waals surface area (Å²) in [6.45, 7) is 7.02. The van der Waals surface area contributed by atoms with Gasteiger partial charge < -0.3 is 9.90 Å². The van der Waals surface area contributed by atoms with E-state index in [2.05, 4.69) is 0 Å². The van der Waals surface area contributed by atoms with Crippen molar-refractivity contribution >= 4 is 23.7 Å². The molecule has 0 radical (unpaired) electrons. The van der Waals surface area contributed by atoms with Gasteiger partial charge >= 0.3 is 0 Å². The predicted molar refractivity (Wildman–Crippen MR) is 122 cm³/mol. The van der Waals surface area contributed by atoms with E-state index in [-0.39, 0.29) is 22.8 Å². The zero-order valence-corrected chi connectivity index (χ0v) is 19.1. The summed E-state index contributed by atoms with van der Waals surface area (Å²) < 4.78 is 26.2. The van der Waals surface area contributed by atoms with E-state index in [1.807, 2.05) is 13.0 Å². The first-order chi connectivity index (χ1) is 15.5. The maximum atomic E-state index is 12.8. The highest BCUT2D eigenvalue weighted by atomic mass is 19.1. The van der Waals surface area contributed by atoms with E-state index < -0.39 is 5.97 Å². The fourth-order valence-corrected chi connectivity index (χ4v) is 2.59. The molecule has 0 fully saturated rings. The van der Waals surface area contributed by atoms with Crippen molar-refractivity contribution in [2.75, 3.05) is 7.05 Å². The van der Waals surface area contributed by atoms with Crippen LogP contribution < -0.4 is 5.11 Å². The van der Waals surface area contributed by atoms with E-state index in [4.69, 9.17) is 0 Å². The van der Waals surface area contributed by atoms with Crippen LogP contribution in [-0.4, -0.2) is 23.7 Å². The Morgan fingerprint density at radius 3 is 1.97 bits per heavy atom. The molecule has 0 amide bonds. The molecule has 0 aromatic heterocycles. The molecule has 3 aromatic rings. The molecule has 3 rings (SSSR count). The Balaban J connectivity index is 0.000000247. The van der Waals surface area contributed by atoms with Crippen LogP contribution in [0, 0.1) is 44.2 Å². The highest BCUT2D eigenvalue weighted by molar-refractivity contribution is 5.87. The maximum absolute atomic E-state index is 12.8. The van der Waals surface area contributed by atoms with Gasteiger partial charge in [-0.2, -0.15) is 0 Å². The standard InChI is InChI=1S/C9H7FO.C9H10O2.C8H9FNO/c1-7-2-3-8(4-5-11)9(10)6-7;1-6-3-4-7(2)8(5-6)9(10)11;1-6-5-7(10(2)11)3-4-8(6)9/h2-4,6H,1H3;3-5H,1-2H3,(H,10,11);3-5H,1-2H3/q;;+1/p-1. The summed E-state index contributed by atoms with van der Waals surface area (Å²) in [5.74, 6) is -0.239. The lowest BCUT2D eigenvalue weighted by Gasteiger charge is -2.06. The van der Waals surface area contributed by atoms with Crippen molar-refractivity contribution in [1.82, 2.24) is 0 Å². The van der Waals surface area contributed by atoms with E-state index in [9.17, 15) is 28.4 Å². The summed E-state index contributed by atoms with van der Waals surface area (Å²) in [7, 11) is 1.38. The van der Waals surface area contributed by atoms with Gasteiger partial charge in [0.1, 0.15) is 17.6 Å². The first-order valence-corrected chi connectivity index (χ1v) is 9.89. The third-order valence-corrected chi connectivity index (χ3v) is 4.49. The van der Waals surface area contributed by atoms with Crippen molar-refractivity contribution in [2.45, 2.75) is 27.7 Å². The highest BCUT2D eigenvalue weighted by Gasteiger charge is 2.07. The lowest BCUT2D eigenvalue weighted by Crippen LogP contribution is -2.23. The molecule has 0 N–H and O–H groups in total. The minimum absolute atomic E-state index is 0.282. The quantitative estimate of drug-likeness (QED) is 0.421. The van der Waals surface area contributed by atoms with Crippen molar-refractivity contribution < 1.29 is 28.2 Å². The van der Waals surface area contributed by atoms with Crippen LogP contribution >= 0.6 is 0 Å². The maximum Gasteiger partial charge on any atom is 0.256 e. The van der Waals surface area contributed by atoms with E-state index in [1.54, 1.807) is 45.0 Å². The van der Waals surface area contributed by atoms with Crippen LogP contribution in [0.5, 0.6) is 0 Å². The Bertz CT molecular complexity index is 1200. The number of halogens is 2. The summed E-state index contributed by atoms with van der Waals surface area (Å²) >= 11 is 0. The topological polar surface area (TPSA) is 77.3 Å². The fraction of sp³-hybridized carbons (Fsp3) is 0.192. The third kappa shape index (κ3) is 8.97. The average Bonchev–Trinajstić information content (AvgIpc) is 2.74. The van der Waals surface area contributed by atoms with Crippen molar-refractivity contribution in [1.29, 1.82) is 0 Å². The molecular weight excluding hydrogens is 428 g/mol. The molecule has 0 atom stereocenters. The summed E-state index contributed by atoms with van der Waals surface area (Å²) in [5.41, 5.74) is 4.06. The van der Waals surface area contributed by atoms with Gasteiger partial charge in [0.05, 0.1) is 5.97 Å². The van der Waals surface area contributed by atoms with Crippen LogP contribution in [0.3, 0.4) is 0 Å². The van der Waals surface area contributed by atoms with Gasteiger partial charge in [-0.15, -0.1) is 0 Å². The number of carbonyl (C=O) groups is 1. The monoisotopic (exact) mass is 453 g/mol. The predicted octanol–water partition coefficient (Wildman–Crippen LogP) is 4.82. The number of benzene rings is 3. The molecular formula is C26H25F2NO4. The van der Waals surface area contributed by atoms with Crippen LogP contribution in [0.25, 0.3) is 6.08 Å². The molecule has 0 aliphatic carbocycles. The summed E-state index contributed by atoms with van der Waals surface area (Å²) in [5, 5.41) is 10.5. The Morgan fingerprint density at radius 1 is 0.879 bits per heavy atom. The largest absolute Gasteiger partial charge is 0.545 e. The number of nitroso groups, excluding NO2 is 1. The number of carboxylic acid groups (broad SMARTS) is 1. The zero-order valence-electron chi connectivity index (χ0n) is 19.1. The molecule has 0 unspecified atom stereocenters. The number of rotatable bonds is 3. The Kier molecular flexibility index (Phi) is 10.5. The molecule has 5 nitrogen and oxygen atoms in total. The van der Waals surface area contributed by atoms with E-state index in [0.29, 0.717) is 16.0 Å². The van der Waals surface area contributed by atoms with Gasteiger partial charge in [0.15, 0.2) is 7.05 Å². The Labute approximate surface area is 191 Å². The second kappa shape index (κ2) is 12.8. The van der Waals surface area contributed by atoms with E-state index >= 15 is 0 Å². The van der Waals surface area contributed by atoms with E-state index in [1.165, 1.54) is 37.3 Å². The number of carbonyl (C=O) groups excluding carboxylic acids is 2. The van der Waals surface area contributed by atoms with Crippen LogP contribution in [0.15, 0.2) is 54.6 Å². The fourth-order valence-electron chi connectivity index (χ4n) is 2.59. The smallest absolute Gasteiger partial charge is 0.256 e. The van der Waals surface area contributed by atoms with Crippen molar-refractivity contribution in [3.63, 3.8) is 0 Å². The van der Waals surface area contributed by atoms with Gasteiger partial charge in [-0.3, -0.25) is 0 Å². The zero-order chi connectivity index (χ0) is 25.1. The minimum Gasteiger partial charge on any atom is -0.545 e. The Hall–Kier alpha value is -3.96. The van der Waals surface area contributed by atoms with Gasteiger partial charge in [-0.25, -0.2) is 13.6 Å². The van der Waals surface area contributed by atoms with Crippen molar-refractivity contribution in [2.24, 2.45) is 0 Å². The van der Waals surface area contributed by atoms with Gasteiger partial charge in [0.2, 0.25) is 0 Å².